The van der Waals surface area contributed by atoms with E-state index in [2.05, 4.69) is 5.32 Å². The Morgan fingerprint density at radius 2 is 1.78 bits per heavy atom. The van der Waals surface area contributed by atoms with E-state index in [1.54, 1.807) is 26.0 Å². The third kappa shape index (κ3) is 3.70. The summed E-state index contributed by atoms with van der Waals surface area (Å²) in [5.41, 5.74) is 0.329. The number of primary sulfonamides is 1. The van der Waals surface area contributed by atoms with Crippen LogP contribution in [0.3, 0.4) is 0 Å². The van der Waals surface area contributed by atoms with Gasteiger partial charge in [0.2, 0.25) is 15.9 Å². The first kappa shape index (κ1) is 17.4. The van der Waals surface area contributed by atoms with Gasteiger partial charge in [0.15, 0.2) is 0 Å². The minimum atomic E-state index is -3.71. The van der Waals surface area contributed by atoms with Crippen molar-refractivity contribution < 1.29 is 23.1 Å². The third-order valence-corrected chi connectivity index (χ3v) is 5.27. The van der Waals surface area contributed by atoms with Gasteiger partial charge < -0.3 is 10.4 Å². The lowest BCUT2D eigenvalue weighted by molar-refractivity contribution is -0.140. The van der Waals surface area contributed by atoms with Gasteiger partial charge in [-0.05, 0) is 29.5 Å². The van der Waals surface area contributed by atoms with Gasteiger partial charge in [0.1, 0.15) is 0 Å². The van der Waals surface area contributed by atoms with Gasteiger partial charge in [-0.2, -0.15) is 0 Å². The lowest BCUT2D eigenvalue weighted by Gasteiger charge is -2.07. The van der Waals surface area contributed by atoms with E-state index in [9.17, 15) is 18.0 Å². The standard InChI is InChI=1S/C15H20N2O5S/c1-15(2)11(12(15)14(19)20)13(18)17-8-7-9-3-5-10(6-4-9)23(16,21)22/h3-6,11-12H,7-8H2,1-2H3,(H,17,18)(H,19,20)(H2,16,21,22)/t11-,12+/m0/s1. The maximum absolute atomic E-state index is 12.0. The first-order chi connectivity index (χ1) is 10.5. The molecule has 0 bridgehead atoms. The Balaban J connectivity index is 1.86. The normalized spacial score (nSPS) is 22.4. The second kappa shape index (κ2) is 5.93. The maximum atomic E-state index is 12.0. The van der Waals surface area contributed by atoms with Crippen molar-refractivity contribution in [2.45, 2.75) is 25.2 Å². The molecule has 8 heteroatoms. The van der Waals surface area contributed by atoms with E-state index in [1.807, 2.05) is 0 Å². The van der Waals surface area contributed by atoms with Crippen molar-refractivity contribution in [1.29, 1.82) is 0 Å². The van der Waals surface area contributed by atoms with Gasteiger partial charge in [0.05, 0.1) is 16.7 Å². The number of carboxylic acids is 1. The fraction of sp³-hybridized carbons (Fsp3) is 0.467. The number of hydrogen-bond acceptors (Lipinski definition) is 4. The largest absolute Gasteiger partial charge is 0.481 e. The van der Waals surface area contributed by atoms with Crippen molar-refractivity contribution in [3.63, 3.8) is 0 Å². The van der Waals surface area contributed by atoms with E-state index >= 15 is 0 Å². The summed E-state index contributed by atoms with van der Waals surface area (Å²) >= 11 is 0. The van der Waals surface area contributed by atoms with E-state index in [1.165, 1.54) is 12.1 Å². The van der Waals surface area contributed by atoms with Gasteiger partial charge in [-0.3, -0.25) is 9.59 Å². The van der Waals surface area contributed by atoms with Gasteiger partial charge in [0.25, 0.3) is 0 Å². The molecule has 0 unspecified atom stereocenters. The highest BCUT2D eigenvalue weighted by molar-refractivity contribution is 7.89. The number of benzene rings is 1. The summed E-state index contributed by atoms with van der Waals surface area (Å²) in [6, 6.07) is 6.09. The molecule has 0 aliphatic heterocycles. The number of hydrogen-bond donors (Lipinski definition) is 3. The van der Waals surface area contributed by atoms with E-state index in [0.29, 0.717) is 13.0 Å². The molecule has 0 heterocycles. The monoisotopic (exact) mass is 340 g/mol. The highest BCUT2D eigenvalue weighted by Gasteiger charge is 2.65. The highest BCUT2D eigenvalue weighted by Crippen LogP contribution is 2.58. The van der Waals surface area contributed by atoms with Gasteiger partial charge in [-0.1, -0.05) is 26.0 Å². The summed E-state index contributed by atoms with van der Waals surface area (Å²) in [5, 5.41) is 16.8. The predicted molar refractivity (Wildman–Crippen MR) is 82.9 cm³/mol. The van der Waals surface area contributed by atoms with E-state index in [-0.39, 0.29) is 10.8 Å². The zero-order valence-electron chi connectivity index (χ0n) is 12.9. The van der Waals surface area contributed by atoms with Crippen LogP contribution in [0, 0.1) is 17.3 Å². The molecule has 1 saturated carbocycles. The molecule has 7 nitrogen and oxygen atoms in total. The van der Waals surface area contributed by atoms with Crippen LogP contribution in [0.25, 0.3) is 0 Å². The molecule has 0 radical (unpaired) electrons. The molecule has 1 aromatic carbocycles. The Morgan fingerprint density at radius 1 is 1.22 bits per heavy atom. The van der Waals surface area contributed by atoms with Crippen LogP contribution in [0.1, 0.15) is 19.4 Å². The number of rotatable bonds is 6. The van der Waals surface area contributed by atoms with Crippen LogP contribution in [0.5, 0.6) is 0 Å². The van der Waals surface area contributed by atoms with Gasteiger partial charge in [-0.15, -0.1) is 0 Å². The smallest absolute Gasteiger partial charge is 0.307 e. The van der Waals surface area contributed by atoms with Crippen molar-refractivity contribution in [2.75, 3.05) is 6.54 Å². The number of sulfonamides is 1. The summed E-state index contributed by atoms with van der Waals surface area (Å²) < 4.78 is 22.3. The first-order valence-corrected chi connectivity index (χ1v) is 8.72. The number of amides is 1. The fourth-order valence-electron chi connectivity index (χ4n) is 2.87. The Morgan fingerprint density at radius 3 is 2.22 bits per heavy atom. The lowest BCUT2D eigenvalue weighted by atomic mass is 10.1. The molecule has 1 fully saturated rings. The number of aliphatic carboxylic acids is 1. The molecule has 0 spiro atoms. The maximum Gasteiger partial charge on any atom is 0.307 e. The topological polar surface area (TPSA) is 127 Å². The molecule has 1 aliphatic carbocycles. The molecule has 1 amide bonds. The molecule has 23 heavy (non-hydrogen) atoms. The van der Waals surface area contributed by atoms with E-state index < -0.39 is 33.2 Å². The second-order valence-electron chi connectivity index (χ2n) is 6.34. The zero-order valence-corrected chi connectivity index (χ0v) is 13.8. The van der Waals surface area contributed by atoms with Crippen LogP contribution in [0.15, 0.2) is 29.2 Å². The summed E-state index contributed by atoms with van der Waals surface area (Å²) in [6.45, 7) is 3.89. The van der Waals surface area contributed by atoms with Crippen LogP contribution in [-0.2, 0) is 26.0 Å². The molecule has 0 saturated heterocycles. The fourth-order valence-corrected chi connectivity index (χ4v) is 3.39. The van der Waals surface area contributed by atoms with Crippen molar-refractivity contribution in [1.82, 2.24) is 5.32 Å². The summed E-state index contributed by atoms with van der Waals surface area (Å²) in [7, 11) is -3.71. The van der Waals surface area contributed by atoms with E-state index in [0.717, 1.165) is 5.56 Å². The number of carbonyl (C=O) groups is 2. The van der Waals surface area contributed by atoms with Crippen molar-refractivity contribution in [3.8, 4) is 0 Å². The molecule has 2 rings (SSSR count). The van der Waals surface area contributed by atoms with Crippen molar-refractivity contribution in [3.05, 3.63) is 29.8 Å². The molecule has 1 aliphatic rings. The average Bonchev–Trinajstić information content (AvgIpc) is 3.01. The highest BCUT2D eigenvalue weighted by atomic mass is 32.2. The Kier molecular flexibility index (Phi) is 4.50. The average molecular weight is 340 g/mol. The van der Waals surface area contributed by atoms with Crippen LogP contribution < -0.4 is 10.5 Å². The SMILES string of the molecule is CC1(C)[C@H](C(=O)NCCc2ccc(S(N)(=O)=O)cc2)[C@@H]1C(=O)O. The van der Waals surface area contributed by atoms with Crippen LogP contribution in [-0.4, -0.2) is 31.9 Å². The Labute approximate surface area is 134 Å². The minimum absolute atomic E-state index is 0.0364. The number of nitrogens with two attached hydrogens (primary N) is 1. The zero-order chi connectivity index (χ0) is 17.4. The quantitative estimate of drug-likeness (QED) is 0.689. The van der Waals surface area contributed by atoms with Crippen molar-refractivity contribution in [2.24, 2.45) is 22.4 Å². The summed E-state index contributed by atoms with van der Waals surface area (Å²) in [6.07, 6.45) is 0.515. The van der Waals surface area contributed by atoms with Gasteiger partial charge in [0, 0.05) is 6.54 Å². The van der Waals surface area contributed by atoms with Gasteiger partial charge in [-0.25, -0.2) is 13.6 Å². The second-order valence-corrected chi connectivity index (χ2v) is 7.91. The molecule has 126 valence electrons. The molecule has 0 aromatic heterocycles. The summed E-state index contributed by atoms with van der Waals surface area (Å²) in [4.78, 5) is 23.1. The number of carboxylic acid groups (broad SMARTS) is 1. The van der Waals surface area contributed by atoms with E-state index in [4.69, 9.17) is 10.2 Å². The molecule has 1 aromatic rings. The molecule has 2 atom stereocenters. The molecule has 4 N–H and O–H groups in total. The lowest BCUT2D eigenvalue weighted by Crippen LogP contribution is -2.29. The van der Waals surface area contributed by atoms with Gasteiger partial charge >= 0.3 is 5.97 Å². The summed E-state index contributed by atoms with van der Waals surface area (Å²) in [5.74, 6) is -2.36. The number of carbonyl (C=O) groups excluding carboxylic acids is 1. The third-order valence-electron chi connectivity index (χ3n) is 4.34. The Bertz CT molecular complexity index is 725. The molecular formula is C15H20N2O5S. The Hall–Kier alpha value is -1.93. The van der Waals surface area contributed by atoms with Crippen LogP contribution in [0.2, 0.25) is 0 Å². The van der Waals surface area contributed by atoms with Crippen LogP contribution in [0.4, 0.5) is 0 Å². The first-order valence-electron chi connectivity index (χ1n) is 7.17. The van der Waals surface area contributed by atoms with Crippen LogP contribution >= 0.6 is 0 Å². The minimum Gasteiger partial charge on any atom is -0.481 e. The predicted octanol–water partition coefficient (Wildman–Crippen LogP) is 0.349. The number of nitrogens with one attached hydrogen (secondary N) is 1. The molecular weight excluding hydrogens is 320 g/mol. The van der Waals surface area contributed by atoms with Crippen molar-refractivity contribution >= 4 is 21.9 Å².